The molecule has 0 radical (unpaired) electrons. The van der Waals surface area contributed by atoms with Gasteiger partial charge in [-0.05, 0) is 24.7 Å². The van der Waals surface area contributed by atoms with Crippen LogP contribution < -0.4 is 11.1 Å². The van der Waals surface area contributed by atoms with Crippen molar-refractivity contribution in [3.63, 3.8) is 0 Å². The van der Waals surface area contributed by atoms with Gasteiger partial charge in [-0.1, -0.05) is 25.8 Å². The first kappa shape index (κ1) is 11.7. The Morgan fingerprint density at radius 3 is 2.93 bits per heavy atom. The van der Waals surface area contributed by atoms with Crippen LogP contribution >= 0.6 is 0 Å². The maximum absolute atomic E-state index is 5.79. The molecule has 1 saturated carbocycles. The summed E-state index contributed by atoms with van der Waals surface area (Å²) in [5.41, 5.74) is 5.79. The van der Waals surface area contributed by atoms with E-state index in [4.69, 9.17) is 5.73 Å². The summed E-state index contributed by atoms with van der Waals surface area (Å²) in [6.07, 6.45) is 7.37. The molecule has 82 valence electrons. The minimum Gasteiger partial charge on any atom is -0.329 e. The molecule has 2 heteroatoms. The second kappa shape index (κ2) is 6.20. The highest BCUT2D eigenvalue weighted by Crippen LogP contribution is 2.30. The van der Waals surface area contributed by atoms with Gasteiger partial charge in [0, 0.05) is 19.1 Å². The van der Waals surface area contributed by atoms with E-state index in [1.807, 2.05) is 6.08 Å². The minimum atomic E-state index is 0.496. The highest BCUT2D eigenvalue weighted by Gasteiger charge is 2.24. The van der Waals surface area contributed by atoms with Crippen LogP contribution in [0, 0.1) is 11.8 Å². The molecule has 14 heavy (non-hydrogen) atoms. The molecule has 0 spiro atoms. The Morgan fingerprint density at radius 1 is 1.57 bits per heavy atom. The predicted octanol–water partition coefficient (Wildman–Crippen LogP) is 1.92. The van der Waals surface area contributed by atoms with Crippen LogP contribution in [0.1, 0.15) is 32.6 Å². The van der Waals surface area contributed by atoms with Crippen LogP contribution in [0.5, 0.6) is 0 Å². The molecule has 1 fully saturated rings. The third-order valence-electron chi connectivity index (χ3n) is 3.32. The van der Waals surface area contributed by atoms with E-state index in [1.54, 1.807) is 0 Å². The summed E-state index contributed by atoms with van der Waals surface area (Å²) < 4.78 is 0. The molecule has 3 atom stereocenters. The summed E-state index contributed by atoms with van der Waals surface area (Å²) in [5, 5.41) is 3.47. The molecule has 0 aromatic rings. The lowest BCUT2D eigenvalue weighted by atomic mass is 9.78. The average Bonchev–Trinajstić information content (AvgIpc) is 2.19. The summed E-state index contributed by atoms with van der Waals surface area (Å²) >= 11 is 0. The lowest BCUT2D eigenvalue weighted by Gasteiger charge is -2.33. The Hall–Kier alpha value is -0.340. The van der Waals surface area contributed by atoms with Gasteiger partial charge in [0.1, 0.15) is 0 Å². The van der Waals surface area contributed by atoms with Crippen molar-refractivity contribution in [3.8, 4) is 0 Å². The summed E-state index contributed by atoms with van der Waals surface area (Å²) in [7, 11) is 0. The Balaban J connectivity index is 2.37. The molecule has 0 aromatic carbocycles. The normalized spacial score (nSPS) is 29.9. The van der Waals surface area contributed by atoms with Gasteiger partial charge in [0.2, 0.25) is 0 Å². The molecule has 1 aliphatic rings. The van der Waals surface area contributed by atoms with Gasteiger partial charge >= 0.3 is 0 Å². The number of nitrogens with two attached hydrogens (primary N) is 1. The van der Waals surface area contributed by atoms with Gasteiger partial charge in [0.25, 0.3) is 0 Å². The molecule has 0 heterocycles. The smallest absolute Gasteiger partial charge is 0.0221 e. The summed E-state index contributed by atoms with van der Waals surface area (Å²) in [6.45, 7) is 7.71. The van der Waals surface area contributed by atoms with Crippen molar-refractivity contribution in [2.75, 3.05) is 13.1 Å². The van der Waals surface area contributed by atoms with Crippen molar-refractivity contribution >= 4 is 0 Å². The number of nitrogens with one attached hydrogen (secondary N) is 1. The van der Waals surface area contributed by atoms with Crippen molar-refractivity contribution in [1.29, 1.82) is 0 Å². The van der Waals surface area contributed by atoms with E-state index < -0.39 is 0 Å². The summed E-state index contributed by atoms with van der Waals surface area (Å²) in [6, 6.07) is 0.496. The lowest BCUT2D eigenvalue weighted by molar-refractivity contribution is 0.228. The zero-order valence-corrected chi connectivity index (χ0v) is 9.34. The number of hydrogen-bond acceptors (Lipinski definition) is 2. The highest BCUT2D eigenvalue weighted by molar-refractivity contribution is 4.84. The molecule has 0 bridgehead atoms. The van der Waals surface area contributed by atoms with Crippen molar-refractivity contribution in [1.82, 2.24) is 5.32 Å². The molecule has 0 aliphatic heterocycles. The van der Waals surface area contributed by atoms with E-state index in [2.05, 4.69) is 18.8 Å². The van der Waals surface area contributed by atoms with Crippen LogP contribution in [0.25, 0.3) is 0 Å². The van der Waals surface area contributed by atoms with Crippen molar-refractivity contribution in [2.24, 2.45) is 17.6 Å². The quantitative estimate of drug-likeness (QED) is 0.659. The van der Waals surface area contributed by atoms with Gasteiger partial charge in [0.05, 0.1) is 0 Å². The minimum absolute atomic E-state index is 0.496. The molecular weight excluding hydrogens is 172 g/mol. The van der Waals surface area contributed by atoms with Crippen LogP contribution in [0.2, 0.25) is 0 Å². The summed E-state index contributed by atoms with van der Waals surface area (Å²) in [4.78, 5) is 0. The number of rotatable bonds is 5. The molecular formula is C12H24N2. The van der Waals surface area contributed by atoms with Crippen LogP contribution in [0.4, 0.5) is 0 Å². The van der Waals surface area contributed by atoms with Gasteiger partial charge in [0.15, 0.2) is 0 Å². The van der Waals surface area contributed by atoms with Crippen LogP contribution in [-0.4, -0.2) is 19.1 Å². The fourth-order valence-corrected chi connectivity index (χ4v) is 2.52. The average molecular weight is 196 g/mol. The first-order chi connectivity index (χ1) is 6.77. The van der Waals surface area contributed by atoms with E-state index in [0.29, 0.717) is 6.04 Å². The second-order valence-electron chi connectivity index (χ2n) is 4.57. The maximum atomic E-state index is 5.79. The molecule has 0 amide bonds. The van der Waals surface area contributed by atoms with Gasteiger partial charge in [-0.15, -0.1) is 6.58 Å². The van der Waals surface area contributed by atoms with Gasteiger partial charge < -0.3 is 11.1 Å². The van der Waals surface area contributed by atoms with Gasteiger partial charge in [-0.3, -0.25) is 0 Å². The lowest BCUT2D eigenvalue weighted by Crippen LogP contribution is -2.43. The monoisotopic (exact) mass is 196 g/mol. The Kier molecular flexibility index (Phi) is 5.20. The van der Waals surface area contributed by atoms with Crippen LogP contribution in [-0.2, 0) is 0 Å². The summed E-state index contributed by atoms with van der Waals surface area (Å²) in [5.74, 6) is 1.66. The second-order valence-corrected chi connectivity index (χ2v) is 4.57. The van der Waals surface area contributed by atoms with Crippen LogP contribution in [0.15, 0.2) is 12.7 Å². The Bertz CT molecular complexity index is 168. The SMILES string of the molecule is C=CCNC(CN)C1CCCC(C)C1. The Labute approximate surface area is 87.9 Å². The van der Waals surface area contributed by atoms with E-state index in [0.717, 1.165) is 24.9 Å². The topological polar surface area (TPSA) is 38.0 Å². The van der Waals surface area contributed by atoms with Crippen molar-refractivity contribution < 1.29 is 0 Å². The van der Waals surface area contributed by atoms with Crippen LogP contribution in [0.3, 0.4) is 0 Å². The molecule has 3 N–H and O–H groups in total. The fourth-order valence-electron chi connectivity index (χ4n) is 2.52. The molecule has 2 nitrogen and oxygen atoms in total. The predicted molar refractivity (Wildman–Crippen MR) is 62.2 cm³/mol. The standard InChI is InChI=1S/C12H24N2/c1-3-7-14-12(9-13)11-6-4-5-10(2)8-11/h3,10-12,14H,1,4-9,13H2,2H3. The highest BCUT2D eigenvalue weighted by atomic mass is 14.9. The van der Waals surface area contributed by atoms with E-state index in [1.165, 1.54) is 25.7 Å². The third-order valence-corrected chi connectivity index (χ3v) is 3.32. The molecule has 1 rings (SSSR count). The molecule has 0 aromatic heterocycles. The molecule has 0 saturated heterocycles. The fraction of sp³-hybridized carbons (Fsp3) is 0.833. The molecule has 3 unspecified atom stereocenters. The molecule has 1 aliphatic carbocycles. The van der Waals surface area contributed by atoms with Crippen molar-refractivity contribution in [2.45, 2.75) is 38.6 Å². The van der Waals surface area contributed by atoms with E-state index >= 15 is 0 Å². The van der Waals surface area contributed by atoms with Gasteiger partial charge in [-0.25, -0.2) is 0 Å². The zero-order chi connectivity index (χ0) is 10.4. The maximum Gasteiger partial charge on any atom is 0.0221 e. The largest absolute Gasteiger partial charge is 0.329 e. The van der Waals surface area contributed by atoms with E-state index in [9.17, 15) is 0 Å². The Morgan fingerprint density at radius 2 is 2.36 bits per heavy atom. The zero-order valence-electron chi connectivity index (χ0n) is 9.34. The first-order valence-electron chi connectivity index (χ1n) is 5.82. The van der Waals surface area contributed by atoms with Gasteiger partial charge in [-0.2, -0.15) is 0 Å². The first-order valence-corrected chi connectivity index (χ1v) is 5.82. The van der Waals surface area contributed by atoms with Crippen molar-refractivity contribution in [3.05, 3.63) is 12.7 Å². The third kappa shape index (κ3) is 3.43. The number of hydrogen-bond donors (Lipinski definition) is 2. The van der Waals surface area contributed by atoms with E-state index in [-0.39, 0.29) is 0 Å².